The van der Waals surface area contributed by atoms with Gasteiger partial charge in [-0.1, -0.05) is 12.8 Å². The number of nitrogens with one attached hydrogen (secondary N) is 1. The van der Waals surface area contributed by atoms with Crippen molar-refractivity contribution in [3.8, 4) is 0 Å². The third-order valence-corrected chi connectivity index (χ3v) is 3.21. The number of rotatable bonds is 2. The molecule has 3 nitrogen and oxygen atoms in total. The van der Waals surface area contributed by atoms with E-state index < -0.39 is 0 Å². The highest BCUT2D eigenvalue weighted by Gasteiger charge is 2.25. The van der Waals surface area contributed by atoms with Gasteiger partial charge in [0.25, 0.3) is 0 Å². The minimum absolute atomic E-state index is 0.203. The Hall–Kier alpha value is -0.120. The van der Waals surface area contributed by atoms with Crippen LogP contribution in [0, 0.1) is 0 Å². The predicted molar refractivity (Wildman–Crippen MR) is 52.6 cm³/mol. The molecule has 2 unspecified atom stereocenters. The molecule has 3 heteroatoms. The smallest absolute Gasteiger partial charge is 0.0632 e. The topological polar surface area (TPSA) is 47.3 Å². The zero-order chi connectivity index (χ0) is 9.10. The van der Waals surface area contributed by atoms with E-state index in [-0.39, 0.29) is 6.04 Å². The van der Waals surface area contributed by atoms with Crippen LogP contribution in [0.2, 0.25) is 0 Å². The molecule has 0 radical (unpaired) electrons. The van der Waals surface area contributed by atoms with Crippen LogP contribution < -0.4 is 11.1 Å². The van der Waals surface area contributed by atoms with E-state index in [1.165, 1.54) is 25.7 Å². The van der Waals surface area contributed by atoms with Gasteiger partial charge in [0.1, 0.15) is 0 Å². The van der Waals surface area contributed by atoms with Crippen molar-refractivity contribution in [3.05, 3.63) is 0 Å². The minimum Gasteiger partial charge on any atom is -0.380 e. The standard InChI is InChI=1S/C10H20N2O/c11-9-7-13-6-5-10(9)12-8-3-1-2-4-8/h8-10,12H,1-7,11H2. The summed E-state index contributed by atoms with van der Waals surface area (Å²) in [6, 6.07) is 1.43. The summed E-state index contributed by atoms with van der Waals surface area (Å²) < 4.78 is 5.31. The molecule has 0 bridgehead atoms. The van der Waals surface area contributed by atoms with Crippen molar-refractivity contribution < 1.29 is 4.74 Å². The van der Waals surface area contributed by atoms with E-state index >= 15 is 0 Å². The lowest BCUT2D eigenvalue weighted by Gasteiger charge is -2.31. The fraction of sp³-hybridized carbons (Fsp3) is 1.00. The molecule has 13 heavy (non-hydrogen) atoms. The number of nitrogens with two attached hydrogens (primary N) is 1. The molecule has 0 aromatic carbocycles. The molecule has 0 amide bonds. The maximum atomic E-state index is 5.97. The van der Waals surface area contributed by atoms with Gasteiger partial charge in [0.15, 0.2) is 0 Å². The van der Waals surface area contributed by atoms with Crippen LogP contribution in [0.3, 0.4) is 0 Å². The number of hydrogen-bond donors (Lipinski definition) is 2. The third kappa shape index (κ3) is 2.42. The molecule has 1 aliphatic heterocycles. The second-order valence-corrected chi connectivity index (χ2v) is 4.28. The minimum atomic E-state index is 0.203. The largest absolute Gasteiger partial charge is 0.380 e. The molecular weight excluding hydrogens is 164 g/mol. The summed E-state index contributed by atoms with van der Waals surface area (Å²) in [5.41, 5.74) is 5.97. The summed E-state index contributed by atoms with van der Waals surface area (Å²) >= 11 is 0. The molecule has 2 atom stereocenters. The van der Waals surface area contributed by atoms with Gasteiger partial charge in [-0.15, -0.1) is 0 Å². The van der Waals surface area contributed by atoms with Crippen LogP contribution in [0.25, 0.3) is 0 Å². The van der Waals surface area contributed by atoms with Crippen LogP contribution >= 0.6 is 0 Å². The van der Waals surface area contributed by atoms with Crippen molar-refractivity contribution in [2.45, 2.75) is 50.2 Å². The molecule has 2 fully saturated rings. The molecule has 2 aliphatic rings. The molecular formula is C10H20N2O. The molecule has 2 rings (SSSR count). The van der Waals surface area contributed by atoms with Crippen molar-refractivity contribution in [1.82, 2.24) is 5.32 Å². The van der Waals surface area contributed by atoms with Crippen LogP contribution in [-0.2, 0) is 4.74 Å². The summed E-state index contributed by atoms with van der Waals surface area (Å²) in [6.07, 6.45) is 6.53. The molecule has 0 aromatic heterocycles. The van der Waals surface area contributed by atoms with E-state index in [9.17, 15) is 0 Å². The monoisotopic (exact) mass is 184 g/mol. The van der Waals surface area contributed by atoms with Gasteiger partial charge in [-0.3, -0.25) is 0 Å². The summed E-state index contributed by atoms with van der Waals surface area (Å²) in [4.78, 5) is 0. The Kier molecular flexibility index (Phi) is 3.19. The SMILES string of the molecule is NC1COCCC1NC1CCCC1. The van der Waals surface area contributed by atoms with Gasteiger partial charge in [0, 0.05) is 24.7 Å². The predicted octanol–water partition coefficient (Wildman–Crippen LogP) is 0.635. The van der Waals surface area contributed by atoms with E-state index in [0.29, 0.717) is 6.04 Å². The highest BCUT2D eigenvalue weighted by Crippen LogP contribution is 2.19. The normalized spacial score (nSPS) is 36.7. The average molecular weight is 184 g/mol. The van der Waals surface area contributed by atoms with Crippen LogP contribution in [0.4, 0.5) is 0 Å². The quantitative estimate of drug-likeness (QED) is 0.662. The van der Waals surface area contributed by atoms with Gasteiger partial charge in [0.2, 0.25) is 0 Å². The molecule has 1 saturated carbocycles. The van der Waals surface area contributed by atoms with Crippen LogP contribution in [0.1, 0.15) is 32.1 Å². The van der Waals surface area contributed by atoms with Gasteiger partial charge >= 0.3 is 0 Å². The lowest BCUT2D eigenvalue weighted by atomic mass is 10.0. The molecule has 76 valence electrons. The Balaban J connectivity index is 1.78. The van der Waals surface area contributed by atoms with E-state index in [4.69, 9.17) is 10.5 Å². The van der Waals surface area contributed by atoms with Gasteiger partial charge in [-0.2, -0.15) is 0 Å². The van der Waals surface area contributed by atoms with Crippen molar-refractivity contribution in [1.29, 1.82) is 0 Å². The zero-order valence-electron chi connectivity index (χ0n) is 8.17. The first-order valence-electron chi connectivity index (χ1n) is 5.45. The van der Waals surface area contributed by atoms with Crippen LogP contribution in [0.5, 0.6) is 0 Å². The molecule has 3 N–H and O–H groups in total. The Labute approximate surface area is 80.0 Å². The Morgan fingerprint density at radius 2 is 1.92 bits per heavy atom. The van der Waals surface area contributed by atoms with Crippen molar-refractivity contribution in [2.75, 3.05) is 13.2 Å². The van der Waals surface area contributed by atoms with E-state index in [0.717, 1.165) is 25.7 Å². The lowest BCUT2D eigenvalue weighted by molar-refractivity contribution is 0.0589. The van der Waals surface area contributed by atoms with Crippen molar-refractivity contribution in [3.63, 3.8) is 0 Å². The molecule has 0 aromatic rings. The van der Waals surface area contributed by atoms with E-state index in [1.54, 1.807) is 0 Å². The summed E-state index contributed by atoms with van der Waals surface area (Å²) in [7, 11) is 0. The fourth-order valence-electron chi connectivity index (χ4n) is 2.36. The fourth-order valence-corrected chi connectivity index (χ4v) is 2.36. The molecule has 0 spiro atoms. The first-order valence-corrected chi connectivity index (χ1v) is 5.45. The van der Waals surface area contributed by atoms with Crippen LogP contribution in [0.15, 0.2) is 0 Å². The molecule has 1 saturated heterocycles. The highest BCUT2D eigenvalue weighted by atomic mass is 16.5. The second kappa shape index (κ2) is 4.40. The highest BCUT2D eigenvalue weighted by molar-refractivity contribution is 4.86. The second-order valence-electron chi connectivity index (χ2n) is 4.28. The van der Waals surface area contributed by atoms with Crippen molar-refractivity contribution in [2.24, 2.45) is 5.73 Å². The number of hydrogen-bond acceptors (Lipinski definition) is 3. The Bertz CT molecular complexity index is 157. The number of ether oxygens (including phenoxy) is 1. The van der Waals surface area contributed by atoms with Crippen LogP contribution in [-0.4, -0.2) is 31.3 Å². The first-order chi connectivity index (χ1) is 6.36. The maximum absolute atomic E-state index is 5.97. The van der Waals surface area contributed by atoms with Crippen molar-refractivity contribution >= 4 is 0 Å². The average Bonchev–Trinajstić information content (AvgIpc) is 2.61. The summed E-state index contributed by atoms with van der Waals surface area (Å²) in [6.45, 7) is 1.60. The lowest BCUT2D eigenvalue weighted by Crippen LogP contribution is -2.53. The third-order valence-electron chi connectivity index (χ3n) is 3.21. The van der Waals surface area contributed by atoms with Gasteiger partial charge < -0.3 is 15.8 Å². The first kappa shape index (κ1) is 9.44. The van der Waals surface area contributed by atoms with Gasteiger partial charge in [0.05, 0.1) is 6.61 Å². The Morgan fingerprint density at radius 1 is 1.15 bits per heavy atom. The van der Waals surface area contributed by atoms with E-state index in [2.05, 4.69) is 5.32 Å². The zero-order valence-corrected chi connectivity index (χ0v) is 8.17. The van der Waals surface area contributed by atoms with Gasteiger partial charge in [-0.05, 0) is 19.3 Å². The molecule has 1 heterocycles. The molecule has 1 aliphatic carbocycles. The Morgan fingerprint density at radius 3 is 2.62 bits per heavy atom. The van der Waals surface area contributed by atoms with Gasteiger partial charge in [-0.25, -0.2) is 0 Å². The summed E-state index contributed by atoms with van der Waals surface area (Å²) in [5.74, 6) is 0. The maximum Gasteiger partial charge on any atom is 0.0632 e. The summed E-state index contributed by atoms with van der Waals surface area (Å²) in [5, 5.41) is 3.66. The van der Waals surface area contributed by atoms with E-state index in [1.807, 2.05) is 0 Å².